The van der Waals surface area contributed by atoms with Gasteiger partial charge in [0.05, 0.1) is 17.9 Å². The van der Waals surface area contributed by atoms with Crippen LogP contribution in [-0.4, -0.2) is 83.8 Å². The number of rotatable bonds is 10. The maximum absolute atomic E-state index is 13.1. The number of carbonyl (C=O) groups excluding carboxylic acids is 4. The van der Waals surface area contributed by atoms with Gasteiger partial charge in [-0.25, -0.2) is 13.8 Å². The Balaban J connectivity index is 1.38. The minimum Gasteiger partial charge on any atom is -0.543 e. The fourth-order valence-corrected chi connectivity index (χ4v) is 6.01. The molecule has 0 spiro atoms. The van der Waals surface area contributed by atoms with Gasteiger partial charge in [0.2, 0.25) is 11.5 Å². The molecule has 2 aliphatic heterocycles. The predicted octanol–water partition coefficient (Wildman–Crippen LogP) is -2.66. The Morgan fingerprint density at radius 2 is 2.17 bits per heavy atom. The van der Waals surface area contributed by atoms with Crippen LogP contribution >= 0.6 is 23.3 Å². The average Bonchev–Trinajstić information content (AvgIpc) is 3.52. The number of urea groups is 1. The number of alkyl halides is 1. The number of aliphatic carboxylic acids is 1. The number of nitrogens with one attached hydrogen (secondary N) is 2. The fourth-order valence-electron chi connectivity index (χ4n) is 4.24. The Kier molecular flexibility index (Phi) is 7.66. The number of primary amides is 1. The van der Waals surface area contributed by atoms with E-state index in [1.165, 1.54) is 28.7 Å². The molecule has 5 rings (SSSR count). The van der Waals surface area contributed by atoms with Crippen molar-refractivity contribution >= 4 is 69.4 Å². The monoisotopic (exact) mass is 605 g/mol. The number of amides is 4. The van der Waals surface area contributed by atoms with Gasteiger partial charge in [-0.15, -0.1) is 11.8 Å². The summed E-state index contributed by atoms with van der Waals surface area (Å²) in [4.78, 5) is 59.4. The summed E-state index contributed by atoms with van der Waals surface area (Å²) in [6.07, 6.45) is 3.02. The summed E-state index contributed by atoms with van der Waals surface area (Å²) in [6, 6.07) is 1.41. The molecule has 2 atom stereocenters. The lowest BCUT2D eigenvalue weighted by Crippen LogP contribution is -2.71. The Hall–Kier alpha value is -4.85. The number of nitrogen functional groups attached to an aromatic ring is 1. The number of nitrogens with two attached hydrogens (primary N) is 2. The van der Waals surface area contributed by atoms with Crippen LogP contribution in [0.25, 0.3) is 5.65 Å². The Labute approximate surface area is 237 Å². The molecule has 41 heavy (non-hydrogen) atoms. The van der Waals surface area contributed by atoms with Crippen molar-refractivity contribution in [3.63, 3.8) is 0 Å². The van der Waals surface area contributed by atoms with Gasteiger partial charge in [0.1, 0.15) is 31.2 Å². The highest BCUT2D eigenvalue weighted by Crippen LogP contribution is 2.40. The first-order valence-corrected chi connectivity index (χ1v) is 13.5. The second-order valence-corrected chi connectivity index (χ2v) is 10.3. The van der Waals surface area contributed by atoms with Gasteiger partial charge in [0, 0.05) is 28.9 Å². The van der Waals surface area contributed by atoms with Crippen LogP contribution < -0.4 is 31.8 Å². The number of carboxylic acid groups (broad SMARTS) is 1. The maximum Gasteiger partial charge on any atom is 0.319 e. The third kappa shape index (κ3) is 5.33. The number of aromatic nitrogens is 5. The first-order chi connectivity index (χ1) is 19.7. The number of oxime groups is 1. The molecule has 0 unspecified atom stereocenters. The summed E-state index contributed by atoms with van der Waals surface area (Å²) in [5, 5.41) is 24.2. The lowest BCUT2D eigenvalue weighted by molar-refractivity contribution is -0.662. The number of carboxylic acids is 1. The largest absolute Gasteiger partial charge is 0.543 e. The summed E-state index contributed by atoms with van der Waals surface area (Å²) in [5.74, 6) is -2.95. The lowest BCUT2D eigenvalue weighted by Gasteiger charge is -2.50. The minimum absolute atomic E-state index is 0.0130. The summed E-state index contributed by atoms with van der Waals surface area (Å²) in [5.41, 5.74) is 10.9. The first kappa shape index (κ1) is 27.7. The molecule has 0 bridgehead atoms. The number of hydrogen-bond acceptors (Lipinski definition) is 13. The molecule has 6 N–H and O–H groups in total. The van der Waals surface area contributed by atoms with Gasteiger partial charge in [0.15, 0.2) is 11.3 Å². The third-order valence-corrected chi connectivity index (χ3v) is 7.75. The second kappa shape index (κ2) is 11.3. The predicted molar refractivity (Wildman–Crippen MR) is 138 cm³/mol. The Bertz CT molecular complexity index is 1620. The van der Waals surface area contributed by atoms with Crippen LogP contribution in [0.4, 0.5) is 20.1 Å². The summed E-state index contributed by atoms with van der Waals surface area (Å²) >= 11 is 2.01. The van der Waals surface area contributed by atoms with Gasteiger partial charge >= 0.3 is 11.7 Å². The van der Waals surface area contributed by atoms with Gasteiger partial charge in [-0.1, -0.05) is 14.8 Å². The van der Waals surface area contributed by atoms with Gasteiger partial charge in [-0.3, -0.25) is 19.8 Å². The molecular formula is C21H20FN11O6S2. The van der Waals surface area contributed by atoms with Crippen molar-refractivity contribution in [2.75, 3.05) is 30.1 Å². The normalized spacial score (nSPS) is 18.6. The van der Waals surface area contributed by atoms with Crippen LogP contribution in [0, 0.1) is 0 Å². The average molecular weight is 606 g/mol. The molecule has 0 saturated carbocycles. The molecule has 0 aliphatic carbocycles. The molecule has 3 aromatic rings. The van der Waals surface area contributed by atoms with E-state index >= 15 is 0 Å². The van der Waals surface area contributed by atoms with Crippen LogP contribution in [-0.2, 0) is 25.8 Å². The highest BCUT2D eigenvalue weighted by atomic mass is 32.2. The molecule has 0 radical (unpaired) electrons. The van der Waals surface area contributed by atoms with Crippen LogP contribution in [0.1, 0.15) is 5.82 Å². The second-order valence-electron chi connectivity index (χ2n) is 8.44. The van der Waals surface area contributed by atoms with E-state index in [4.69, 9.17) is 16.3 Å². The van der Waals surface area contributed by atoms with Crippen LogP contribution in [0.2, 0.25) is 0 Å². The number of carbonyl (C=O) groups is 4. The van der Waals surface area contributed by atoms with Crippen molar-refractivity contribution in [3.8, 4) is 0 Å². The van der Waals surface area contributed by atoms with E-state index in [2.05, 4.69) is 30.2 Å². The van der Waals surface area contributed by atoms with Crippen molar-refractivity contribution in [2.45, 2.75) is 18.0 Å². The molecule has 0 aromatic carbocycles. The molecule has 4 amide bonds. The van der Waals surface area contributed by atoms with E-state index in [0.29, 0.717) is 11.2 Å². The van der Waals surface area contributed by atoms with Gasteiger partial charge in [-0.2, -0.15) is 9.36 Å². The zero-order valence-electron chi connectivity index (χ0n) is 20.7. The minimum atomic E-state index is -1.58. The standard InChI is InChI=1S/C21H20FN11O6S2/c22-3-5-39-29-12(15-28-21(24)41-30-15)16(34)27-13-17(35)32-14(19(36)37)9(8-40-18(13)32)6-31-7-10(26-20(23)38)33-11(31)2-1-4-25-33/h1-2,4,7,13,18H,3,5-6,8H2,(H6-,23,24,25,26,27,28,30,34,36,37,38)/b29-12-/t13-,18-/m1/s1. The van der Waals surface area contributed by atoms with E-state index < -0.39 is 54.2 Å². The van der Waals surface area contributed by atoms with Crippen molar-refractivity contribution in [1.29, 1.82) is 0 Å². The topological polar surface area (TPSA) is 239 Å². The van der Waals surface area contributed by atoms with Crippen LogP contribution in [0.3, 0.4) is 0 Å². The third-order valence-electron chi connectivity index (χ3n) is 5.86. The molecule has 3 aromatic heterocycles. The Morgan fingerprint density at radius 1 is 1.37 bits per heavy atom. The molecule has 2 aliphatic rings. The smallest absolute Gasteiger partial charge is 0.319 e. The number of hydrogen-bond donors (Lipinski definition) is 4. The molecule has 214 valence electrons. The van der Waals surface area contributed by atoms with E-state index in [-0.39, 0.29) is 34.8 Å². The van der Waals surface area contributed by atoms with Crippen molar-refractivity contribution in [1.82, 2.24) is 29.2 Å². The maximum atomic E-state index is 13.1. The van der Waals surface area contributed by atoms with Gasteiger partial charge in [0.25, 0.3) is 17.6 Å². The van der Waals surface area contributed by atoms with Crippen molar-refractivity contribution < 1.29 is 38.1 Å². The highest BCUT2D eigenvalue weighted by Gasteiger charge is 2.53. The molecule has 1 saturated heterocycles. The number of anilines is 2. The molecular weight excluding hydrogens is 585 g/mol. The zero-order chi connectivity index (χ0) is 29.3. The van der Waals surface area contributed by atoms with Gasteiger partial charge in [-0.05, 0) is 6.07 Å². The fraction of sp³-hybridized carbons (Fsp3) is 0.286. The number of imidazole rings is 1. The van der Waals surface area contributed by atoms with E-state index in [0.717, 1.165) is 16.4 Å². The number of fused-ring (bicyclic) bond motifs is 2. The number of β-lactam (4-membered cyclic amide) rings is 1. The van der Waals surface area contributed by atoms with Crippen LogP contribution in [0.5, 0.6) is 0 Å². The molecule has 5 heterocycles. The SMILES string of the molecule is NC(=O)Nc1c[n+](CC2=C(C(=O)[O-])N3C(=O)[C@@H](NC(=O)/C(=N\OCCF)c4nsc(N)n4)[C@H]3SC2)c2cccnn12. The molecule has 20 heteroatoms. The van der Waals surface area contributed by atoms with Crippen LogP contribution in [0.15, 0.2) is 41.0 Å². The molecule has 1 fully saturated rings. The summed E-state index contributed by atoms with van der Waals surface area (Å²) in [6.45, 7) is -1.28. The van der Waals surface area contributed by atoms with E-state index in [1.807, 2.05) is 0 Å². The number of thioether (sulfide) groups is 1. The quantitative estimate of drug-likeness (QED) is 0.0611. The number of nitrogens with zero attached hydrogens (tertiary/aromatic N) is 7. The first-order valence-electron chi connectivity index (χ1n) is 11.7. The zero-order valence-corrected chi connectivity index (χ0v) is 22.4. The highest BCUT2D eigenvalue weighted by molar-refractivity contribution is 8.00. The van der Waals surface area contributed by atoms with E-state index in [9.17, 15) is 28.7 Å². The van der Waals surface area contributed by atoms with Crippen molar-refractivity contribution in [3.05, 3.63) is 41.6 Å². The summed E-state index contributed by atoms with van der Waals surface area (Å²) < 4.78 is 19.4. The van der Waals surface area contributed by atoms with Crippen molar-refractivity contribution in [2.24, 2.45) is 10.9 Å². The number of halogens is 1. The molecule has 17 nitrogen and oxygen atoms in total. The van der Waals surface area contributed by atoms with E-state index in [1.54, 1.807) is 16.7 Å². The Morgan fingerprint density at radius 3 is 2.85 bits per heavy atom. The lowest BCUT2D eigenvalue weighted by atomic mass is 10.0. The van der Waals surface area contributed by atoms with Gasteiger partial charge < -0.3 is 31.5 Å². The summed E-state index contributed by atoms with van der Waals surface area (Å²) in [7, 11) is 0.